The Balaban J connectivity index is 4.90. The molecule has 0 radical (unpaired) electrons. The Labute approximate surface area is 425 Å². The van der Waals surface area contributed by atoms with Gasteiger partial charge in [0.05, 0.1) is 26.2 Å². The number of rotatable bonds is 48. The lowest BCUT2D eigenvalue weighted by Gasteiger charge is -2.21. The van der Waals surface area contributed by atoms with E-state index in [1.54, 1.807) is 6.08 Å². The minimum atomic E-state index is -4.78. The van der Waals surface area contributed by atoms with Crippen molar-refractivity contribution in [3.63, 3.8) is 0 Å². The van der Waals surface area contributed by atoms with Crippen molar-refractivity contribution < 1.29 is 52.2 Å². The number of esters is 3. The van der Waals surface area contributed by atoms with Crippen LogP contribution in [-0.2, 0) is 42.2 Å². The van der Waals surface area contributed by atoms with Gasteiger partial charge in [0, 0.05) is 12.8 Å². The van der Waals surface area contributed by atoms with Crippen molar-refractivity contribution in [3.05, 3.63) is 109 Å². The minimum Gasteiger partial charge on any atom is -0.462 e. The molecule has 11 nitrogen and oxygen atoms in total. The van der Waals surface area contributed by atoms with E-state index in [1.165, 1.54) is 38.5 Å². The van der Waals surface area contributed by atoms with E-state index < -0.39 is 57.8 Å². The highest BCUT2D eigenvalue weighted by atomic mass is 31.2. The predicted octanol–water partition coefficient (Wildman–Crippen LogP) is 15.5. The molecular weight excluding hydrogens is 904 g/mol. The van der Waals surface area contributed by atoms with Crippen LogP contribution in [0.15, 0.2) is 109 Å². The average Bonchev–Trinajstić information content (AvgIpc) is 3.35. The summed E-state index contributed by atoms with van der Waals surface area (Å²) in [5, 5.41) is 9.77. The van der Waals surface area contributed by atoms with Gasteiger partial charge >= 0.3 is 25.7 Å². The number of ether oxygens (including phenoxy) is 3. The number of phosphoric ester groups is 1. The van der Waals surface area contributed by atoms with Gasteiger partial charge in [0.1, 0.15) is 12.7 Å². The molecular formula is C58H95O11P. The molecule has 70 heavy (non-hydrogen) atoms. The van der Waals surface area contributed by atoms with E-state index >= 15 is 0 Å². The smallest absolute Gasteiger partial charge is 0.462 e. The number of phosphoric acid groups is 1. The average molecular weight is 999 g/mol. The fourth-order valence-electron chi connectivity index (χ4n) is 6.67. The number of aliphatic hydroxyl groups is 1. The normalized spacial score (nSPS) is 14.3. The van der Waals surface area contributed by atoms with E-state index in [4.69, 9.17) is 23.3 Å². The van der Waals surface area contributed by atoms with Crippen molar-refractivity contribution in [1.82, 2.24) is 0 Å². The lowest BCUT2D eigenvalue weighted by atomic mass is 10.1. The summed E-state index contributed by atoms with van der Waals surface area (Å²) in [6, 6.07) is 0. The van der Waals surface area contributed by atoms with Gasteiger partial charge in [-0.15, -0.1) is 0 Å². The molecule has 398 valence electrons. The fraction of sp³-hybridized carbons (Fsp3) is 0.638. The minimum absolute atomic E-state index is 0.0732. The van der Waals surface area contributed by atoms with Gasteiger partial charge < -0.3 is 24.2 Å². The van der Waals surface area contributed by atoms with Crippen LogP contribution in [0, 0.1) is 0 Å². The maximum absolute atomic E-state index is 12.9. The Morgan fingerprint density at radius 2 is 0.800 bits per heavy atom. The van der Waals surface area contributed by atoms with Crippen LogP contribution in [0.4, 0.5) is 0 Å². The Kier molecular flexibility index (Phi) is 48.7. The van der Waals surface area contributed by atoms with E-state index in [0.29, 0.717) is 19.3 Å². The zero-order valence-corrected chi connectivity index (χ0v) is 44.6. The van der Waals surface area contributed by atoms with E-state index in [0.717, 1.165) is 103 Å². The van der Waals surface area contributed by atoms with Crippen LogP contribution >= 0.6 is 7.82 Å². The van der Waals surface area contributed by atoms with E-state index in [-0.39, 0.29) is 25.9 Å². The number of carbonyl (C=O) groups is 3. The molecule has 0 amide bonds. The molecule has 0 aromatic heterocycles. The van der Waals surface area contributed by atoms with Gasteiger partial charge in [-0.05, 0) is 103 Å². The Morgan fingerprint density at radius 3 is 1.29 bits per heavy atom. The monoisotopic (exact) mass is 999 g/mol. The second kappa shape index (κ2) is 51.5. The van der Waals surface area contributed by atoms with Crippen molar-refractivity contribution in [2.24, 2.45) is 0 Å². The van der Waals surface area contributed by atoms with Gasteiger partial charge in [0.2, 0.25) is 0 Å². The molecule has 12 heteroatoms. The largest absolute Gasteiger partial charge is 0.472 e. The van der Waals surface area contributed by atoms with Gasteiger partial charge in [-0.2, -0.15) is 0 Å². The number of aliphatic hydroxyl groups excluding tert-OH is 1. The van der Waals surface area contributed by atoms with E-state index in [9.17, 15) is 28.9 Å². The zero-order valence-electron chi connectivity index (χ0n) is 43.7. The first kappa shape index (κ1) is 66.1. The summed E-state index contributed by atoms with van der Waals surface area (Å²) < 4.78 is 39.2. The summed E-state index contributed by atoms with van der Waals surface area (Å²) in [6.07, 6.45) is 60.9. The Hall–Kier alpha value is -3.86. The van der Waals surface area contributed by atoms with Crippen LogP contribution in [0.5, 0.6) is 0 Å². The van der Waals surface area contributed by atoms with Crippen molar-refractivity contribution in [2.75, 3.05) is 26.4 Å². The number of hydrogen-bond acceptors (Lipinski definition) is 10. The molecule has 0 aliphatic rings. The molecule has 0 saturated heterocycles. The van der Waals surface area contributed by atoms with Gasteiger partial charge in [-0.25, -0.2) is 4.57 Å². The molecule has 0 aromatic rings. The topological polar surface area (TPSA) is 155 Å². The Bertz CT molecular complexity index is 1590. The zero-order chi connectivity index (χ0) is 51.3. The summed E-state index contributed by atoms with van der Waals surface area (Å²) in [7, 11) is -4.78. The SMILES string of the molecule is CC/C=C\C/C=C\C/C=C\C/C=C\C/C=C\CC(=O)OC(COC(=O)CCCCCCC/C=C\CCCCCCCC)COP(=O)(O)OCC(CO)OC(=O)CCCCC/C=C\C/C=C\C/C=C\CC. The molecule has 0 fully saturated rings. The number of carbonyl (C=O) groups excluding carboxylic acids is 3. The van der Waals surface area contributed by atoms with Crippen LogP contribution in [0.2, 0.25) is 0 Å². The van der Waals surface area contributed by atoms with E-state index in [1.807, 2.05) is 18.2 Å². The molecule has 2 N–H and O–H groups in total. The fourth-order valence-corrected chi connectivity index (χ4v) is 7.46. The van der Waals surface area contributed by atoms with Gasteiger partial charge in [-0.3, -0.25) is 23.4 Å². The van der Waals surface area contributed by atoms with Gasteiger partial charge in [0.15, 0.2) is 6.10 Å². The molecule has 0 aromatic carbocycles. The van der Waals surface area contributed by atoms with Gasteiger partial charge in [0.25, 0.3) is 0 Å². The second-order valence-corrected chi connectivity index (χ2v) is 18.7. The van der Waals surface area contributed by atoms with Crippen molar-refractivity contribution in [3.8, 4) is 0 Å². The molecule has 3 atom stereocenters. The molecule has 0 aliphatic carbocycles. The van der Waals surface area contributed by atoms with Crippen LogP contribution in [0.1, 0.15) is 201 Å². The van der Waals surface area contributed by atoms with Gasteiger partial charge in [-0.1, -0.05) is 188 Å². The maximum Gasteiger partial charge on any atom is 0.472 e. The molecule has 0 saturated carbocycles. The highest BCUT2D eigenvalue weighted by molar-refractivity contribution is 7.47. The van der Waals surface area contributed by atoms with Crippen LogP contribution < -0.4 is 0 Å². The van der Waals surface area contributed by atoms with Crippen LogP contribution in [0.3, 0.4) is 0 Å². The first-order valence-corrected chi connectivity index (χ1v) is 28.3. The summed E-state index contributed by atoms with van der Waals surface area (Å²) in [6.45, 7) is 4.23. The molecule has 0 heterocycles. The standard InChI is InChI=1S/C58H95O11P/c1-4-7-10-13-16-19-22-25-27-30-32-35-38-41-44-47-56(60)65-51-55(69-58(62)49-46-43-40-37-34-31-28-26-23-20-17-14-11-8-5-2)53-67-70(63,64)66-52-54(50-59)68-57(61)48-45-42-39-36-33-29-24-21-18-15-12-9-6-3/h8-9,11-12,17-18,20-21,25-29,33-34,37,43,46,54-55,59H,4-7,10,13-16,19,22-24,30-32,35-36,38-42,44-45,47-53H2,1-3H3,(H,63,64)/b11-8-,12-9-,20-17-,21-18-,27-25-,28-26-,33-29-,37-34-,46-43-. The summed E-state index contributed by atoms with van der Waals surface area (Å²) in [4.78, 5) is 48.3. The molecule has 0 aliphatic heterocycles. The molecule has 0 rings (SSSR count). The summed E-state index contributed by atoms with van der Waals surface area (Å²) in [5.74, 6) is -1.67. The highest BCUT2D eigenvalue weighted by Gasteiger charge is 2.28. The molecule has 0 bridgehead atoms. The van der Waals surface area contributed by atoms with Crippen molar-refractivity contribution in [1.29, 1.82) is 0 Å². The van der Waals surface area contributed by atoms with Crippen LogP contribution in [-0.4, -0.2) is 66.5 Å². The third-order valence-electron chi connectivity index (χ3n) is 10.7. The quantitative estimate of drug-likeness (QED) is 0.0197. The molecule has 3 unspecified atom stereocenters. The van der Waals surface area contributed by atoms with Crippen molar-refractivity contribution >= 4 is 25.7 Å². The lowest BCUT2D eigenvalue weighted by Crippen LogP contribution is -2.30. The third kappa shape index (κ3) is 49.1. The first-order chi connectivity index (χ1) is 34.2. The van der Waals surface area contributed by atoms with Crippen molar-refractivity contribution in [2.45, 2.75) is 213 Å². The number of allylic oxidation sites excluding steroid dienone is 17. The number of unbranched alkanes of at least 4 members (excludes halogenated alkanes) is 14. The Morgan fingerprint density at radius 1 is 0.429 bits per heavy atom. The summed E-state index contributed by atoms with van der Waals surface area (Å²) >= 11 is 0. The first-order valence-electron chi connectivity index (χ1n) is 26.8. The maximum atomic E-state index is 12.9. The van der Waals surface area contributed by atoms with Crippen LogP contribution in [0.25, 0.3) is 0 Å². The van der Waals surface area contributed by atoms with E-state index in [2.05, 4.69) is 106 Å². The third-order valence-corrected chi connectivity index (χ3v) is 11.6. The second-order valence-electron chi connectivity index (χ2n) is 17.3. The lowest BCUT2D eigenvalue weighted by molar-refractivity contribution is -0.160. The predicted molar refractivity (Wildman–Crippen MR) is 288 cm³/mol. The molecule has 0 spiro atoms. The number of hydrogen-bond donors (Lipinski definition) is 2. The summed E-state index contributed by atoms with van der Waals surface area (Å²) in [5.41, 5.74) is 0. The highest BCUT2D eigenvalue weighted by Crippen LogP contribution is 2.43.